The zero-order chi connectivity index (χ0) is 30.1. The molecule has 4 atom stereocenters. The second-order valence-electron chi connectivity index (χ2n) is 12.6. The maximum Gasteiger partial charge on any atom is 0.261 e. The molecular weight excluding hydrogens is 516 g/mol. The molecule has 0 bridgehead atoms. The molecule has 1 saturated heterocycles. The van der Waals surface area contributed by atoms with E-state index in [1.54, 1.807) is 12.1 Å². The van der Waals surface area contributed by atoms with Crippen molar-refractivity contribution in [3.8, 4) is 5.75 Å². The zero-order valence-corrected chi connectivity index (χ0v) is 25.5. The standard InChI is InChI=1S/C31H42N4O4.C2H6/c1-17(2)11-26(28(32)37)33-29(38)23-12-21-13-25-19(4)35(16-20-6-7-20)10-9-31(25,15-27(21)34-30(23)39)24-14-22(36)8-5-18(24)3;1-2/h5,8,12,14,17,19-20,25-26,36H,6-7,9-11,13,15-16H2,1-4H3,(H2,32,37)(H,33,38)(H,34,39);1-2H3. The number of aromatic amines is 1. The fourth-order valence-corrected chi connectivity index (χ4v) is 7.13. The number of phenolic OH excluding ortho intramolecular Hbond substituents is 1. The number of likely N-dealkylation sites (tertiary alicyclic amines) is 1. The molecule has 3 aliphatic rings. The minimum absolute atomic E-state index is 0.0168. The van der Waals surface area contributed by atoms with Gasteiger partial charge in [0.05, 0.1) is 0 Å². The number of pyridine rings is 1. The molecular formula is C33H48N4O4. The molecule has 224 valence electrons. The lowest BCUT2D eigenvalue weighted by Gasteiger charge is -2.55. The van der Waals surface area contributed by atoms with Crippen LogP contribution in [0.1, 0.15) is 93.0 Å². The Labute approximate surface area is 244 Å². The summed E-state index contributed by atoms with van der Waals surface area (Å²) in [6.45, 7) is 14.4. The van der Waals surface area contributed by atoms with Crippen molar-refractivity contribution in [2.24, 2.45) is 23.5 Å². The molecule has 2 heterocycles. The molecule has 2 amide bonds. The van der Waals surface area contributed by atoms with Crippen LogP contribution in [0.3, 0.4) is 0 Å². The normalized spacial score (nSPS) is 24.5. The molecule has 1 aromatic heterocycles. The first kappa shape index (κ1) is 30.8. The van der Waals surface area contributed by atoms with Gasteiger partial charge in [-0.3, -0.25) is 14.4 Å². The number of nitrogens with two attached hydrogens (primary N) is 1. The van der Waals surface area contributed by atoms with Gasteiger partial charge in [0.25, 0.3) is 11.5 Å². The highest BCUT2D eigenvalue weighted by molar-refractivity contribution is 5.97. The lowest BCUT2D eigenvalue weighted by Crippen LogP contribution is -2.59. The van der Waals surface area contributed by atoms with Gasteiger partial charge in [0.2, 0.25) is 5.91 Å². The number of hydrogen-bond acceptors (Lipinski definition) is 5. The summed E-state index contributed by atoms with van der Waals surface area (Å²) in [5.41, 5.74) is 8.98. The van der Waals surface area contributed by atoms with Crippen LogP contribution in [0.2, 0.25) is 0 Å². The number of nitrogens with one attached hydrogen (secondary N) is 2. The number of aryl methyl sites for hydroxylation is 1. The van der Waals surface area contributed by atoms with Crippen molar-refractivity contribution < 1.29 is 14.7 Å². The summed E-state index contributed by atoms with van der Waals surface area (Å²) in [7, 11) is 0. The molecule has 8 heteroatoms. The van der Waals surface area contributed by atoms with E-state index in [0.717, 1.165) is 54.2 Å². The number of nitrogens with zero attached hydrogens (tertiary/aromatic N) is 1. The molecule has 5 rings (SSSR count). The predicted molar refractivity (Wildman–Crippen MR) is 162 cm³/mol. The van der Waals surface area contributed by atoms with Gasteiger partial charge in [0.1, 0.15) is 17.4 Å². The number of piperidine rings is 1. The fraction of sp³-hybridized carbons (Fsp3) is 0.606. The Hall–Kier alpha value is -3.13. The number of carbonyl (C=O) groups excluding carboxylic acids is 2. The fourth-order valence-electron chi connectivity index (χ4n) is 7.13. The number of amides is 2. The minimum atomic E-state index is -0.830. The van der Waals surface area contributed by atoms with Crippen molar-refractivity contribution >= 4 is 11.8 Å². The number of benzene rings is 1. The van der Waals surface area contributed by atoms with Crippen molar-refractivity contribution in [1.29, 1.82) is 0 Å². The van der Waals surface area contributed by atoms with E-state index in [4.69, 9.17) is 5.73 Å². The summed E-state index contributed by atoms with van der Waals surface area (Å²) in [5, 5.41) is 13.1. The number of phenols is 1. The molecule has 2 aliphatic carbocycles. The Morgan fingerprint density at radius 3 is 2.56 bits per heavy atom. The van der Waals surface area contributed by atoms with E-state index in [0.29, 0.717) is 18.9 Å². The van der Waals surface area contributed by atoms with Crippen molar-refractivity contribution in [2.45, 2.75) is 97.6 Å². The second kappa shape index (κ2) is 12.4. The van der Waals surface area contributed by atoms with Gasteiger partial charge in [-0.25, -0.2) is 0 Å². The van der Waals surface area contributed by atoms with Crippen LogP contribution in [0.25, 0.3) is 0 Å². The predicted octanol–water partition coefficient (Wildman–Crippen LogP) is 4.20. The van der Waals surface area contributed by atoms with Crippen LogP contribution in [0.15, 0.2) is 29.1 Å². The average Bonchev–Trinajstić information content (AvgIpc) is 3.75. The van der Waals surface area contributed by atoms with Gasteiger partial charge in [0.15, 0.2) is 0 Å². The Kier molecular flexibility index (Phi) is 9.32. The van der Waals surface area contributed by atoms with E-state index in [1.807, 2.05) is 39.8 Å². The van der Waals surface area contributed by atoms with E-state index in [9.17, 15) is 19.5 Å². The van der Waals surface area contributed by atoms with Crippen molar-refractivity contribution in [3.05, 3.63) is 62.6 Å². The third-order valence-corrected chi connectivity index (χ3v) is 9.41. The van der Waals surface area contributed by atoms with Crippen LogP contribution >= 0.6 is 0 Å². The Morgan fingerprint density at radius 1 is 1.22 bits per heavy atom. The summed E-state index contributed by atoms with van der Waals surface area (Å²) in [5.74, 6) is 0.271. The van der Waals surface area contributed by atoms with E-state index < -0.39 is 23.4 Å². The van der Waals surface area contributed by atoms with Crippen LogP contribution in [-0.4, -0.2) is 52.0 Å². The maximum atomic E-state index is 13.2. The molecule has 4 unspecified atom stereocenters. The quantitative estimate of drug-likeness (QED) is 0.382. The third kappa shape index (κ3) is 6.37. The lowest BCUT2D eigenvalue weighted by atomic mass is 9.55. The van der Waals surface area contributed by atoms with Crippen LogP contribution in [-0.2, 0) is 23.1 Å². The number of aromatic nitrogens is 1. The SMILES string of the molecule is CC.Cc1ccc(O)cc1C12CCN(CC3CC3)C(C)C1Cc1cc(C(=O)NC(CC(C)C)C(N)=O)c(=O)[nH]c1C2. The Morgan fingerprint density at radius 2 is 1.93 bits per heavy atom. The van der Waals surface area contributed by atoms with Gasteiger partial charge in [-0.05, 0) is 112 Å². The van der Waals surface area contributed by atoms with Gasteiger partial charge >= 0.3 is 0 Å². The number of rotatable bonds is 8. The Balaban J connectivity index is 0.00000189. The number of primary amides is 1. The molecule has 0 radical (unpaired) electrons. The van der Waals surface area contributed by atoms with Crippen molar-refractivity contribution in [3.63, 3.8) is 0 Å². The first-order valence-corrected chi connectivity index (χ1v) is 15.4. The molecule has 5 N–H and O–H groups in total. The van der Waals surface area contributed by atoms with Gasteiger partial charge in [-0.2, -0.15) is 0 Å². The molecule has 2 fully saturated rings. The van der Waals surface area contributed by atoms with Crippen LogP contribution < -0.4 is 16.6 Å². The number of hydrogen-bond donors (Lipinski definition) is 4. The molecule has 2 aromatic rings. The van der Waals surface area contributed by atoms with Gasteiger partial charge in [-0.15, -0.1) is 0 Å². The average molecular weight is 565 g/mol. The first-order chi connectivity index (χ1) is 19.5. The summed E-state index contributed by atoms with van der Waals surface area (Å²) >= 11 is 0. The molecule has 1 saturated carbocycles. The van der Waals surface area contributed by atoms with Crippen LogP contribution in [0.4, 0.5) is 0 Å². The van der Waals surface area contributed by atoms with Crippen LogP contribution in [0.5, 0.6) is 5.75 Å². The molecule has 1 aromatic carbocycles. The van der Waals surface area contributed by atoms with Crippen LogP contribution in [0, 0.1) is 24.7 Å². The third-order valence-electron chi connectivity index (χ3n) is 9.41. The molecule has 0 spiro atoms. The monoisotopic (exact) mass is 564 g/mol. The van der Waals surface area contributed by atoms with E-state index in [2.05, 4.69) is 29.0 Å². The maximum absolute atomic E-state index is 13.2. The van der Waals surface area contributed by atoms with E-state index >= 15 is 0 Å². The zero-order valence-electron chi connectivity index (χ0n) is 25.5. The highest BCUT2D eigenvalue weighted by atomic mass is 16.3. The van der Waals surface area contributed by atoms with E-state index in [1.165, 1.54) is 12.8 Å². The highest BCUT2D eigenvalue weighted by Crippen LogP contribution is 2.51. The largest absolute Gasteiger partial charge is 0.508 e. The topological polar surface area (TPSA) is 129 Å². The highest BCUT2D eigenvalue weighted by Gasteiger charge is 2.51. The number of aromatic hydroxyl groups is 1. The molecule has 41 heavy (non-hydrogen) atoms. The van der Waals surface area contributed by atoms with Gasteiger partial charge in [-0.1, -0.05) is 33.8 Å². The number of H-pyrrole nitrogens is 1. The second-order valence-corrected chi connectivity index (χ2v) is 12.6. The molecule has 1 aliphatic heterocycles. The molecule has 8 nitrogen and oxygen atoms in total. The summed E-state index contributed by atoms with van der Waals surface area (Å²) in [6.07, 6.45) is 5.32. The van der Waals surface area contributed by atoms with Gasteiger partial charge < -0.3 is 26.0 Å². The Bertz CT molecular complexity index is 1330. The van der Waals surface area contributed by atoms with Crippen molar-refractivity contribution in [2.75, 3.05) is 13.1 Å². The van der Waals surface area contributed by atoms with Crippen molar-refractivity contribution in [1.82, 2.24) is 15.2 Å². The van der Waals surface area contributed by atoms with Gasteiger partial charge in [0, 0.05) is 23.7 Å². The lowest BCUT2D eigenvalue weighted by molar-refractivity contribution is -0.120. The van der Waals surface area contributed by atoms with E-state index in [-0.39, 0.29) is 28.6 Å². The summed E-state index contributed by atoms with van der Waals surface area (Å²) in [6, 6.07) is 6.83. The smallest absolute Gasteiger partial charge is 0.261 e. The first-order valence-electron chi connectivity index (χ1n) is 15.4. The minimum Gasteiger partial charge on any atom is -0.508 e. The number of carbonyl (C=O) groups is 2. The number of fused-ring (bicyclic) bond motifs is 2. The summed E-state index contributed by atoms with van der Waals surface area (Å²) < 4.78 is 0. The summed E-state index contributed by atoms with van der Waals surface area (Å²) in [4.78, 5) is 44.0.